The number of carbonyl (C=O) groups excluding carboxylic acids is 2. The van der Waals surface area contributed by atoms with Crippen LogP contribution < -0.4 is 9.47 Å². The molecule has 0 radical (unpaired) electrons. The van der Waals surface area contributed by atoms with Crippen LogP contribution in [0.5, 0.6) is 11.5 Å². The maximum Gasteiger partial charge on any atom is 0.295 e. The van der Waals surface area contributed by atoms with Crippen LogP contribution in [-0.2, 0) is 21.4 Å². The molecule has 1 N–H and O–H groups in total. The summed E-state index contributed by atoms with van der Waals surface area (Å²) in [4.78, 5) is 28.1. The number of rotatable bonds is 7. The number of Topliss-reactive ketones (excluding diaryl/α,β-unsaturated/α-hetero) is 1. The largest absolute Gasteiger partial charge is 0.507 e. The molecule has 192 valence electrons. The normalized spacial score (nSPS) is 17.2. The minimum Gasteiger partial charge on any atom is -0.507 e. The van der Waals surface area contributed by atoms with Crippen LogP contribution in [0.25, 0.3) is 5.76 Å². The van der Waals surface area contributed by atoms with Gasteiger partial charge >= 0.3 is 0 Å². The van der Waals surface area contributed by atoms with Crippen molar-refractivity contribution in [3.8, 4) is 11.5 Å². The van der Waals surface area contributed by atoms with Crippen LogP contribution in [0.4, 0.5) is 0 Å². The first kappa shape index (κ1) is 26.0. The van der Waals surface area contributed by atoms with Crippen LogP contribution in [0.2, 0.25) is 0 Å². The van der Waals surface area contributed by atoms with E-state index < -0.39 is 17.7 Å². The Hall–Kier alpha value is -4.06. The van der Waals surface area contributed by atoms with Crippen LogP contribution in [0.15, 0.2) is 78.4 Å². The average Bonchev–Trinajstić information content (AvgIpc) is 3.16. The van der Waals surface area contributed by atoms with Crippen LogP contribution in [0, 0.1) is 0 Å². The standard InChI is InChI=1S/C31H33NO5/c1-31(2,3)23-12-8-21(9-13-23)27-26(28(33)22-10-16-25(37-5)17-11-22)29(34)30(35)32(27)19-18-20-6-14-24(36-4)15-7-20/h6-17,27,33H,18-19H2,1-5H3/b28-26-. The van der Waals surface area contributed by atoms with Gasteiger partial charge in [-0.05, 0) is 64.9 Å². The van der Waals surface area contributed by atoms with E-state index in [-0.39, 0.29) is 16.7 Å². The first-order chi connectivity index (χ1) is 17.6. The summed E-state index contributed by atoms with van der Waals surface area (Å²) >= 11 is 0. The zero-order chi connectivity index (χ0) is 26.7. The molecule has 37 heavy (non-hydrogen) atoms. The van der Waals surface area contributed by atoms with Crippen LogP contribution >= 0.6 is 0 Å². The van der Waals surface area contributed by atoms with Crippen molar-refractivity contribution in [3.63, 3.8) is 0 Å². The molecule has 1 aliphatic heterocycles. The Labute approximate surface area is 218 Å². The Morgan fingerprint density at radius 3 is 1.89 bits per heavy atom. The summed E-state index contributed by atoms with van der Waals surface area (Å²) in [6.07, 6.45) is 0.552. The fourth-order valence-corrected chi connectivity index (χ4v) is 4.57. The number of likely N-dealkylation sites (tertiary alicyclic amines) is 1. The molecule has 0 aliphatic carbocycles. The molecular formula is C31H33NO5. The molecule has 0 spiro atoms. The van der Waals surface area contributed by atoms with Crippen LogP contribution in [0.1, 0.15) is 49.1 Å². The Morgan fingerprint density at radius 1 is 0.838 bits per heavy atom. The monoisotopic (exact) mass is 499 g/mol. The van der Waals surface area contributed by atoms with Crippen molar-refractivity contribution in [2.24, 2.45) is 0 Å². The summed E-state index contributed by atoms with van der Waals surface area (Å²) in [6, 6.07) is 21.6. The summed E-state index contributed by atoms with van der Waals surface area (Å²) in [5, 5.41) is 11.3. The van der Waals surface area contributed by atoms with E-state index in [0.717, 1.165) is 22.4 Å². The van der Waals surface area contributed by atoms with E-state index in [1.165, 1.54) is 0 Å². The van der Waals surface area contributed by atoms with Crippen molar-refractivity contribution in [1.29, 1.82) is 0 Å². The fourth-order valence-electron chi connectivity index (χ4n) is 4.57. The highest BCUT2D eigenvalue weighted by Crippen LogP contribution is 2.40. The number of amides is 1. The quantitative estimate of drug-likeness (QED) is 0.258. The van der Waals surface area contributed by atoms with E-state index in [0.29, 0.717) is 24.3 Å². The maximum absolute atomic E-state index is 13.3. The van der Waals surface area contributed by atoms with Gasteiger partial charge in [0.25, 0.3) is 11.7 Å². The number of aliphatic hydroxyl groups excluding tert-OH is 1. The van der Waals surface area contributed by atoms with Gasteiger partial charge in [-0.15, -0.1) is 0 Å². The van der Waals surface area contributed by atoms with E-state index in [9.17, 15) is 14.7 Å². The minimum atomic E-state index is -0.700. The number of hydrogen-bond acceptors (Lipinski definition) is 5. The molecule has 0 aromatic heterocycles. The number of hydrogen-bond donors (Lipinski definition) is 1. The number of aliphatic hydroxyl groups is 1. The molecule has 1 amide bonds. The molecule has 1 unspecified atom stereocenters. The summed E-state index contributed by atoms with van der Waals surface area (Å²) in [6.45, 7) is 6.72. The van der Waals surface area contributed by atoms with Crippen molar-refractivity contribution < 1.29 is 24.2 Å². The van der Waals surface area contributed by atoms with E-state index in [1.54, 1.807) is 43.4 Å². The van der Waals surface area contributed by atoms with E-state index >= 15 is 0 Å². The molecule has 6 heteroatoms. The number of ether oxygens (including phenoxy) is 2. The third-order valence-electron chi connectivity index (χ3n) is 6.80. The number of carbonyl (C=O) groups is 2. The van der Waals surface area contributed by atoms with Gasteiger partial charge < -0.3 is 19.5 Å². The fraction of sp³-hybridized carbons (Fsp3) is 0.290. The van der Waals surface area contributed by atoms with Crippen molar-refractivity contribution in [2.75, 3.05) is 20.8 Å². The molecular weight excluding hydrogens is 466 g/mol. The smallest absolute Gasteiger partial charge is 0.295 e. The first-order valence-corrected chi connectivity index (χ1v) is 12.3. The first-order valence-electron chi connectivity index (χ1n) is 12.3. The number of methoxy groups -OCH3 is 2. The lowest BCUT2D eigenvalue weighted by Gasteiger charge is -2.26. The highest BCUT2D eigenvalue weighted by Gasteiger charge is 2.45. The van der Waals surface area contributed by atoms with Gasteiger partial charge in [0.15, 0.2) is 0 Å². The van der Waals surface area contributed by atoms with E-state index in [4.69, 9.17) is 9.47 Å². The highest BCUT2D eigenvalue weighted by atomic mass is 16.5. The van der Waals surface area contributed by atoms with Gasteiger partial charge in [-0.25, -0.2) is 0 Å². The molecule has 1 fully saturated rings. The van der Waals surface area contributed by atoms with Gasteiger partial charge in [-0.3, -0.25) is 9.59 Å². The molecule has 0 saturated carbocycles. The Bertz CT molecular complexity index is 1300. The number of nitrogens with zero attached hydrogens (tertiary/aromatic N) is 1. The van der Waals surface area contributed by atoms with Gasteiger partial charge in [-0.2, -0.15) is 0 Å². The van der Waals surface area contributed by atoms with E-state index in [2.05, 4.69) is 20.8 Å². The Morgan fingerprint density at radius 2 is 1.38 bits per heavy atom. The molecule has 3 aromatic rings. The number of benzene rings is 3. The molecule has 1 atom stereocenters. The lowest BCUT2D eigenvalue weighted by Crippen LogP contribution is -2.31. The van der Waals surface area contributed by atoms with Crippen molar-refractivity contribution in [1.82, 2.24) is 4.90 Å². The molecule has 3 aromatic carbocycles. The van der Waals surface area contributed by atoms with Gasteiger partial charge in [0, 0.05) is 12.1 Å². The predicted octanol–water partition coefficient (Wildman–Crippen LogP) is 5.67. The molecule has 0 bridgehead atoms. The third kappa shape index (κ3) is 5.38. The zero-order valence-corrected chi connectivity index (χ0v) is 21.9. The summed E-state index contributed by atoms with van der Waals surface area (Å²) in [5.41, 5.74) is 3.43. The zero-order valence-electron chi connectivity index (χ0n) is 21.9. The molecule has 6 nitrogen and oxygen atoms in total. The van der Waals surface area contributed by atoms with E-state index in [1.807, 2.05) is 48.5 Å². The van der Waals surface area contributed by atoms with Crippen molar-refractivity contribution in [3.05, 3.63) is 101 Å². The van der Waals surface area contributed by atoms with Gasteiger partial charge in [0.1, 0.15) is 17.3 Å². The predicted molar refractivity (Wildman–Crippen MR) is 144 cm³/mol. The van der Waals surface area contributed by atoms with Crippen molar-refractivity contribution >= 4 is 17.4 Å². The second kappa shape index (κ2) is 10.5. The lowest BCUT2D eigenvalue weighted by atomic mass is 9.85. The minimum absolute atomic E-state index is 0.0438. The second-order valence-electron chi connectivity index (χ2n) is 10.2. The molecule has 1 aliphatic rings. The lowest BCUT2D eigenvalue weighted by molar-refractivity contribution is -0.139. The average molecular weight is 500 g/mol. The summed E-state index contributed by atoms with van der Waals surface area (Å²) < 4.78 is 10.4. The molecule has 1 saturated heterocycles. The topological polar surface area (TPSA) is 76.1 Å². The van der Waals surface area contributed by atoms with Gasteiger partial charge in [0.2, 0.25) is 0 Å². The third-order valence-corrected chi connectivity index (χ3v) is 6.80. The summed E-state index contributed by atoms with van der Waals surface area (Å²) in [5.74, 6) is -0.118. The SMILES string of the molecule is COc1ccc(CCN2C(=O)C(=O)/C(=C(\O)c3ccc(OC)cc3)C2c2ccc(C(C)(C)C)cc2)cc1. The molecule has 1 heterocycles. The van der Waals surface area contributed by atoms with Crippen LogP contribution in [0.3, 0.4) is 0 Å². The molecule has 4 rings (SSSR count). The second-order valence-corrected chi connectivity index (χ2v) is 10.2. The Kier molecular flexibility index (Phi) is 7.39. The van der Waals surface area contributed by atoms with Gasteiger partial charge in [-0.1, -0.05) is 57.2 Å². The number of ketones is 1. The summed E-state index contributed by atoms with van der Waals surface area (Å²) in [7, 11) is 3.17. The van der Waals surface area contributed by atoms with Gasteiger partial charge in [0.05, 0.1) is 25.8 Å². The van der Waals surface area contributed by atoms with Crippen molar-refractivity contribution in [2.45, 2.75) is 38.6 Å². The maximum atomic E-state index is 13.3. The van der Waals surface area contributed by atoms with Crippen LogP contribution in [-0.4, -0.2) is 42.5 Å². The highest BCUT2D eigenvalue weighted by molar-refractivity contribution is 6.46. The Balaban J connectivity index is 1.75.